The van der Waals surface area contributed by atoms with E-state index in [2.05, 4.69) is 10.3 Å². The lowest BCUT2D eigenvalue weighted by atomic mass is 9.93. The highest BCUT2D eigenvalue weighted by Gasteiger charge is 2.48. The Morgan fingerprint density at radius 3 is 2.81 bits per heavy atom. The summed E-state index contributed by atoms with van der Waals surface area (Å²) in [4.78, 5) is 32.5. The maximum atomic E-state index is 13.4. The minimum Gasteiger partial charge on any atom is -0.451 e. The van der Waals surface area contributed by atoms with Gasteiger partial charge in [-0.25, -0.2) is 4.98 Å². The fourth-order valence-electron chi connectivity index (χ4n) is 4.75. The lowest BCUT2D eigenvalue weighted by Crippen LogP contribution is -2.51. The van der Waals surface area contributed by atoms with Crippen LogP contribution in [0.25, 0.3) is 0 Å². The van der Waals surface area contributed by atoms with Crippen LogP contribution in [0, 0.1) is 12.8 Å². The lowest BCUT2D eigenvalue weighted by molar-refractivity contribution is -0.0224. The first-order valence-corrected chi connectivity index (χ1v) is 10.5. The van der Waals surface area contributed by atoms with Crippen LogP contribution in [0.4, 0.5) is 5.69 Å². The first kappa shape index (κ1) is 19.8. The third-order valence-corrected chi connectivity index (χ3v) is 6.16. The Labute approximate surface area is 180 Å². The molecule has 8 nitrogen and oxygen atoms in total. The summed E-state index contributed by atoms with van der Waals surface area (Å²) in [6.45, 7) is 5.72. The van der Waals surface area contributed by atoms with E-state index in [9.17, 15) is 14.7 Å². The molecular weight excluding hydrogens is 398 g/mol. The van der Waals surface area contributed by atoms with Gasteiger partial charge >= 0.3 is 0 Å². The largest absolute Gasteiger partial charge is 0.451 e. The summed E-state index contributed by atoms with van der Waals surface area (Å²) in [7, 11) is 0. The Bertz CT molecular complexity index is 1090. The molecule has 1 saturated carbocycles. The summed E-state index contributed by atoms with van der Waals surface area (Å²) in [5.41, 5.74) is 1.76. The molecule has 0 unspecified atom stereocenters. The molecule has 2 N–H and O–H groups in total. The molecule has 1 aromatic heterocycles. The van der Waals surface area contributed by atoms with Crippen molar-refractivity contribution >= 4 is 17.5 Å². The number of carbonyl (C=O) groups is 2. The minimum absolute atomic E-state index is 0.0136. The number of rotatable bonds is 5. The number of nitrogens with one attached hydrogen (secondary N) is 1. The fraction of sp³-hybridized carbons (Fsp3) is 0.435. The van der Waals surface area contributed by atoms with Crippen molar-refractivity contribution in [1.29, 1.82) is 0 Å². The average Bonchev–Trinajstić information content (AvgIpc) is 3.30. The first-order chi connectivity index (χ1) is 14.8. The monoisotopic (exact) mass is 423 g/mol. The molecule has 31 heavy (non-hydrogen) atoms. The molecule has 0 radical (unpaired) electrons. The van der Waals surface area contributed by atoms with Gasteiger partial charge in [0.2, 0.25) is 6.79 Å². The molecule has 5 rings (SSSR count). The van der Waals surface area contributed by atoms with Gasteiger partial charge in [-0.15, -0.1) is 0 Å². The number of aromatic nitrogens is 1. The predicted octanol–water partition coefficient (Wildman–Crippen LogP) is 2.88. The maximum Gasteiger partial charge on any atom is 0.260 e. The Morgan fingerprint density at radius 2 is 2.10 bits per heavy atom. The van der Waals surface area contributed by atoms with E-state index >= 15 is 0 Å². The average molecular weight is 423 g/mol. The number of hydrogen-bond acceptors (Lipinski definition) is 6. The van der Waals surface area contributed by atoms with Crippen molar-refractivity contribution in [1.82, 2.24) is 9.88 Å². The second-order valence-electron chi connectivity index (χ2n) is 9.02. The molecule has 0 bridgehead atoms. The highest BCUT2D eigenvalue weighted by Crippen LogP contribution is 2.44. The van der Waals surface area contributed by atoms with Gasteiger partial charge in [0.25, 0.3) is 17.7 Å². The normalized spacial score (nSPS) is 18.2. The van der Waals surface area contributed by atoms with Crippen LogP contribution in [0.1, 0.15) is 58.5 Å². The fourth-order valence-corrected chi connectivity index (χ4v) is 4.75. The van der Waals surface area contributed by atoms with Crippen molar-refractivity contribution in [2.75, 3.05) is 12.1 Å². The number of amides is 2. The minimum atomic E-state index is -1.01. The van der Waals surface area contributed by atoms with Gasteiger partial charge in [0.1, 0.15) is 0 Å². The zero-order valence-electron chi connectivity index (χ0n) is 17.8. The van der Waals surface area contributed by atoms with E-state index in [1.165, 1.54) is 0 Å². The zero-order chi connectivity index (χ0) is 21.9. The highest BCUT2D eigenvalue weighted by molar-refractivity contribution is 6.12. The summed E-state index contributed by atoms with van der Waals surface area (Å²) in [6.07, 6.45) is 3.58. The van der Waals surface area contributed by atoms with Crippen LogP contribution in [0.15, 0.2) is 24.4 Å². The SMILES string of the molecule is Cc1cnc2c(c1C(=O)Nc1cccc3c1C(=O)N([C@H](C1CC1)C(C)(C)O)C3)OCO2. The van der Waals surface area contributed by atoms with Crippen molar-refractivity contribution in [3.63, 3.8) is 0 Å². The molecule has 3 heterocycles. The van der Waals surface area contributed by atoms with E-state index < -0.39 is 5.60 Å². The van der Waals surface area contributed by atoms with E-state index in [4.69, 9.17) is 9.47 Å². The summed E-state index contributed by atoms with van der Waals surface area (Å²) in [5, 5.41) is 13.6. The van der Waals surface area contributed by atoms with Crippen LogP contribution in [0.2, 0.25) is 0 Å². The van der Waals surface area contributed by atoms with Crippen LogP contribution in [-0.4, -0.2) is 45.2 Å². The van der Waals surface area contributed by atoms with E-state index in [-0.39, 0.29) is 30.5 Å². The molecule has 8 heteroatoms. The quantitative estimate of drug-likeness (QED) is 0.767. The van der Waals surface area contributed by atoms with Gasteiger partial charge in [0.05, 0.1) is 28.5 Å². The zero-order valence-corrected chi connectivity index (χ0v) is 17.8. The summed E-state index contributed by atoms with van der Waals surface area (Å²) in [6, 6.07) is 5.18. The van der Waals surface area contributed by atoms with Crippen LogP contribution < -0.4 is 14.8 Å². The van der Waals surface area contributed by atoms with Crippen molar-refractivity contribution in [2.24, 2.45) is 5.92 Å². The molecule has 2 aliphatic heterocycles. The number of benzene rings is 1. The van der Waals surface area contributed by atoms with Gasteiger partial charge < -0.3 is 24.8 Å². The summed E-state index contributed by atoms with van der Waals surface area (Å²) in [5.74, 6) is 0.349. The first-order valence-electron chi connectivity index (χ1n) is 10.5. The molecule has 162 valence electrons. The van der Waals surface area contributed by atoms with Gasteiger partial charge in [-0.1, -0.05) is 12.1 Å². The summed E-state index contributed by atoms with van der Waals surface area (Å²) < 4.78 is 10.7. The molecule has 1 atom stereocenters. The Morgan fingerprint density at radius 1 is 1.32 bits per heavy atom. The molecule has 0 spiro atoms. The smallest absolute Gasteiger partial charge is 0.260 e. The number of nitrogens with zero attached hydrogens (tertiary/aromatic N) is 2. The Kier molecular flexibility index (Phi) is 4.44. The molecule has 3 aliphatic rings. The molecule has 1 aromatic carbocycles. The van der Waals surface area contributed by atoms with E-state index in [0.717, 1.165) is 18.4 Å². The van der Waals surface area contributed by atoms with Gasteiger partial charge in [0, 0.05) is 12.7 Å². The Hall–Kier alpha value is -3.13. The number of anilines is 1. The van der Waals surface area contributed by atoms with Crippen molar-refractivity contribution in [3.05, 3.63) is 46.6 Å². The molecule has 1 aliphatic carbocycles. The third kappa shape index (κ3) is 3.31. The van der Waals surface area contributed by atoms with Gasteiger partial charge in [0.15, 0.2) is 5.75 Å². The number of fused-ring (bicyclic) bond motifs is 2. The summed E-state index contributed by atoms with van der Waals surface area (Å²) >= 11 is 0. The van der Waals surface area contributed by atoms with Gasteiger partial charge in [-0.05, 0) is 56.7 Å². The van der Waals surface area contributed by atoms with Crippen molar-refractivity contribution in [3.8, 4) is 11.6 Å². The second kappa shape index (κ2) is 6.95. The number of carbonyl (C=O) groups excluding carboxylic acids is 2. The number of aliphatic hydroxyl groups is 1. The number of hydrogen-bond donors (Lipinski definition) is 2. The topological polar surface area (TPSA) is 101 Å². The van der Waals surface area contributed by atoms with Crippen LogP contribution in [0.5, 0.6) is 11.6 Å². The van der Waals surface area contributed by atoms with Crippen LogP contribution >= 0.6 is 0 Å². The van der Waals surface area contributed by atoms with E-state index in [1.54, 1.807) is 37.9 Å². The number of ether oxygens (including phenoxy) is 2. The third-order valence-electron chi connectivity index (χ3n) is 6.16. The standard InChI is InChI=1S/C23H25N3O5/c1-12-9-24-21-18(30-11-31-21)16(12)20(27)25-15-6-4-5-14-10-26(22(28)17(14)15)19(13-7-8-13)23(2,3)29/h4-6,9,13,19,29H,7-8,10-11H2,1-3H3,(H,25,27)/t19-/m1/s1. The number of pyridine rings is 1. The van der Waals surface area contributed by atoms with Gasteiger partial charge in [-0.3, -0.25) is 9.59 Å². The lowest BCUT2D eigenvalue weighted by Gasteiger charge is -2.37. The Balaban J connectivity index is 1.46. The second-order valence-corrected chi connectivity index (χ2v) is 9.02. The van der Waals surface area contributed by atoms with Gasteiger partial charge in [-0.2, -0.15) is 0 Å². The van der Waals surface area contributed by atoms with Crippen LogP contribution in [-0.2, 0) is 6.54 Å². The number of aryl methyl sites for hydroxylation is 1. The van der Waals surface area contributed by atoms with E-state index in [1.807, 2.05) is 12.1 Å². The molecule has 2 aromatic rings. The molecule has 1 fully saturated rings. The van der Waals surface area contributed by atoms with E-state index in [0.29, 0.717) is 40.6 Å². The molecule has 0 saturated heterocycles. The maximum absolute atomic E-state index is 13.4. The van der Waals surface area contributed by atoms with Crippen molar-refractivity contribution < 1.29 is 24.2 Å². The highest BCUT2D eigenvalue weighted by atomic mass is 16.7. The van der Waals surface area contributed by atoms with Crippen LogP contribution in [0.3, 0.4) is 0 Å². The molecule has 2 amide bonds. The van der Waals surface area contributed by atoms with Crippen molar-refractivity contribution in [2.45, 2.75) is 51.8 Å². The molecular formula is C23H25N3O5. The predicted molar refractivity (Wildman–Crippen MR) is 112 cm³/mol.